The molecule has 5 heteroatoms. The van der Waals surface area contributed by atoms with E-state index in [4.69, 9.17) is 9.47 Å². The number of amides is 1. The Bertz CT molecular complexity index is 534. The molecular formula is C20H30N2O3. The first-order chi connectivity index (χ1) is 12.2. The van der Waals surface area contributed by atoms with Gasteiger partial charge in [-0.15, -0.1) is 0 Å². The Labute approximate surface area is 150 Å². The van der Waals surface area contributed by atoms with Gasteiger partial charge in [-0.3, -0.25) is 4.79 Å². The number of nitrogens with zero attached hydrogens (tertiary/aromatic N) is 1. The molecule has 1 aliphatic heterocycles. The van der Waals surface area contributed by atoms with Gasteiger partial charge in [0.05, 0.1) is 12.6 Å². The molecule has 1 aromatic carbocycles. The van der Waals surface area contributed by atoms with Gasteiger partial charge in [0.25, 0.3) is 0 Å². The van der Waals surface area contributed by atoms with Gasteiger partial charge in [0.15, 0.2) is 0 Å². The Hall–Kier alpha value is -1.75. The van der Waals surface area contributed by atoms with E-state index in [1.165, 1.54) is 19.3 Å². The lowest BCUT2D eigenvalue weighted by Crippen LogP contribution is -2.41. The summed E-state index contributed by atoms with van der Waals surface area (Å²) in [4.78, 5) is 14.3. The van der Waals surface area contributed by atoms with Crippen LogP contribution in [0.2, 0.25) is 0 Å². The van der Waals surface area contributed by atoms with E-state index >= 15 is 0 Å². The van der Waals surface area contributed by atoms with Crippen LogP contribution in [0.4, 0.5) is 5.69 Å². The molecule has 138 valence electrons. The molecule has 1 aromatic rings. The number of anilines is 1. The molecule has 2 fully saturated rings. The van der Waals surface area contributed by atoms with Gasteiger partial charge in [0.2, 0.25) is 5.91 Å². The SMILES string of the molecule is CN(C(=O)CNc1ccc(OCC2CCCO2)cc1)C1CCCCC1. The van der Waals surface area contributed by atoms with Crippen LogP contribution in [0.15, 0.2) is 24.3 Å². The van der Waals surface area contributed by atoms with Crippen LogP contribution in [0.1, 0.15) is 44.9 Å². The number of likely N-dealkylation sites (N-methyl/N-ethyl adjacent to an activating group) is 1. The van der Waals surface area contributed by atoms with Gasteiger partial charge in [-0.2, -0.15) is 0 Å². The first-order valence-corrected chi connectivity index (χ1v) is 9.56. The van der Waals surface area contributed by atoms with Crippen molar-refractivity contribution in [3.8, 4) is 5.75 Å². The molecule has 1 unspecified atom stereocenters. The van der Waals surface area contributed by atoms with Gasteiger partial charge >= 0.3 is 0 Å². The number of hydrogen-bond donors (Lipinski definition) is 1. The molecule has 3 rings (SSSR count). The Morgan fingerprint density at radius 2 is 1.92 bits per heavy atom. The fourth-order valence-corrected chi connectivity index (χ4v) is 3.61. The van der Waals surface area contributed by atoms with E-state index < -0.39 is 0 Å². The van der Waals surface area contributed by atoms with Gasteiger partial charge in [-0.25, -0.2) is 0 Å². The van der Waals surface area contributed by atoms with Crippen molar-refractivity contribution in [1.82, 2.24) is 4.90 Å². The van der Waals surface area contributed by atoms with Gasteiger partial charge in [-0.05, 0) is 49.9 Å². The number of nitrogens with one attached hydrogen (secondary N) is 1. The van der Waals surface area contributed by atoms with Crippen LogP contribution >= 0.6 is 0 Å². The van der Waals surface area contributed by atoms with Crippen molar-refractivity contribution in [2.75, 3.05) is 32.1 Å². The zero-order valence-corrected chi connectivity index (χ0v) is 15.2. The quantitative estimate of drug-likeness (QED) is 0.822. The minimum atomic E-state index is 0.158. The maximum absolute atomic E-state index is 12.4. The molecule has 0 aromatic heterocycles. The van der Waals surface area contributed by atoms with Gasteiger partial charge in [0, 0.05) is 25.4 Å². The number of benzene rings is 1. The molecule has 0 spiro atoms. The minimum Gasteiger partial charge on any atom is -0.491 e. The highest BCUT2D eigenvalue weighted by Gasteiger charge is 2.21. The fraction of sp³-hybridized carbons (Fsp3) is 0.650. The number of carbonyl (C=O) groups is 1. The maximum Gasteiger partial charge on any atom is 0.241 e. The van der Waals surface area contributed by atoms with E-state index in [0.717, 1.165) is 43.7 Å². The molecule has 25 heavy (non-hydrogen) atoms. The zero-order valence-electron chi connectivity index (χ0n) is 15.2. The maximum atomic E-state index is 12.4. The van der Waals surface area contributed by atoms with E-state index in [0.29, 0.717) is 19.2 Å². The van der Waals surface area contributed by atoms with Crippen LogP contribution in [-0.4, -0.2) is 49.8 Å². The predicted molar refractivity (Wildman–Crippen MR) is 99.0 cm³/mol. The summed E-state index contributed by atoms with van der Waals surface area (Å²) < 4.78 is 11.3. The molecule has 1 heterocycles. The second-order valence-corrected chi connectivity index (χ2v) is 7.12. The molecule has 1 amide bonds. The van der Waals surface area contributed by atoms with Crippen molar-refractivity contribution in [2.24, 2.45) is 0 Å². The summed E-state index contributed by atoms with van der Waals surface area (Å²) in [5.41, 5.74) is 0.940. The predicted octanol–water partition coefficient (Wildman–Crippen LogP) is 3.45. The standard InChI is InChI=1S/C20H30N2O3/c1-22(17-6-3-2-4-7-17)20(23)14-21-16-9-11-18(12-10-16)25-15-19-8-5-13-24-19/h9-12,17,19,21H,2-8,13-15H2,1H3. The first kappa shape index (κ1) is 18.1. The summed E-state index contributed by atoms with van der Waals surface area (Å²) in [6.07, 6.45) is 8.49. The van der Waals surface area contributed by atoms with Gasteiger partial charge in [-0.1, -0.05) is 19.3 Å². The molecule has 1 saturated heterocycles. The van der Waals surface area contributed by atoms with E-state index in [2.05, 4.69) is 5.32 Å². The Morgan fingerprint density at radius 1 is 1.16 bits per heavy atom. The number of ether oxygens (including phenoxy) is 2. The summed E-state index contributed by atoms with van der Waals surface area (Å²) in [7, 11) is 1.93. The molecule has 1 atom stereocenters. The third-order valence-corrected chi connectivity index (χ3v) is 5.27. The summed E-state index contributed by atoms with van der Waals surface area (Å²) in [6.45, 7) is 1.79. The molecular weight excluding hydrogens is 316 g/mol. The number of hydrogen-bond acceptors (Lipinski definition) is 4. The Balaban J connectivity index is 1.40. The smallest absolute Gasteiger partial charge is 0.241 e. The van der Waals surface area contributed by atoms with Crippen LogP contribution < -0.4 is 10.1 Å². The largest absolute Gasteiger partial charge is 0.491 e. The van der Waals surface area contributed by atoms with Crippen molar-refractivity contribution in [3.63, 3.8) is 0 Å². The molecule has 1 N–H and O–H groups in total. The second-order valence-electron chi connectivity index (χ2n) is 7.12. The summed E-state index contributed by atoms with van der Waals surface area (Å²) in [5.74, 6) is 0.998. The molecule has 0 radical (unpaired) electrons. The molecule has 1 aliphatic carbocycles. The summed E-state index contributed by atoms with van der Waals surface area (Å²) in [5, 5.41) is 3.22. The van der Waals surface area contributed by atoms with Crippen LogP contribution in [0, 0.1) is 0 Å². The van der Waals surface area contributed by atoms with E-state index in [1.54, 1.807) is 0 Å². The topological polar surface area (TPSA) is 50.8 Å². The van der Waals surface area contributed by atoms with Crippen molar-refractivity contribution < 1.29 is 14.3 Å². The highest BCUT2D eigenvalue weighted by Crippen LogP contribution is 2.22. The van der Waals surface area contributed by atoms with Crippen LogP contribution in [0.25, 0.3) is 0 Å². The van der Waals surface area contributed by atoms with Crippen LogP contribution in [0.5, 0.6) is 5.75 Å². The molecule has 1 saturated carbocycles. The van der Waals surface area contributed by atoms with Crippen molar-refractivity contribution in [1.29, 1.82) is 0 Å². The van der Waals surface area contributed by atoms with Crippen LogP contribution in [0.3, 0.4) is 0 Å². The second kappa shape index (κ2) is 9.09. The highest BCUT2D eigenvalue weighted by molar-refractivity contribution is 5.81. The van der Waals surface area contributed by atoms with Crippen LogP contribution in [-0.2, 0) is 9.53 Å². The Kier molecular flexibility index (Phi) is 6.56. The lowest BCUT2D eigenvalue weighted by molar-refractivity contribution is -0.130. The minimum absolute atomic E-state index is 0.158. The zero-order chi connectivity index (χ0) is 17.5. The average molecular weight is 346 g/mol. The highest BCUT2D eigenvalue weighted by atomic mass is 16.5. The van der Waals surface area contributed by atoms with Crippen molar-refractivity contribution >= 4 is 11.6 Å². The van der Waals surface area contributed by atoms with Crippen molar-refractivity contribution in [3.05, 3.63) is 24.3 Å². The average Bonchev–Trinajstić information content (AvgIpc) is 3.19. The first-order valence-electron chi connectivity index (χ1n) is 9.56. The lowest BCUT2D eigenvalue weighted by Gasteiger charge is -2.31. The van der Waals surface area contributed by atoms with Gasteiger partial charge < -0.3 is 19.7 Å². The Morgan fingerprint density at radius 3 is 2.60 bits per heavy atom. The molecule has 0 bridgehead atoms. The normalized spacial score (nSPS) is 21.1. The number of rotatable bonds is 7. The third-order valence-electron chi connectivity index (χ3n) is 5.27. The van der Waals surface area contributed by atoms with E-state index in [9.17, 15) is 4.79 Å². The summed E-state index contributed by atoms with van der Waals surface area (Å²) >= 11 is 0. The van der Waals surface area contributed by atoms with E-state index in [1.807, 2.05) is 36.2 Å². The lowest BCUT2D eigenvalue weighted by atomic mass is 9.94. The summed E-state index contributed by atoms with van der Waals surface area (Å²) in [6, 6.07) is 8.20. The molecule has 5 nitrogen and oxygen atoms in total. The fourth-order valence-electron chi connectivity index (χ4n) is 3.61. The number of carbonyl (C=O) groups excluding carboxylic acids is 1. The van der Waals surface area contributed by atoms with Gasteiger partial charge in [0.1, 0.15) is 12.4 Å². The monoisotopic (exact) mass is 346 g/mol. The van der Waals surface area contributed by atoms with E-state index in [-0.39, 0.29) is 12.0 Å². The third kappa shape index (κ3) is 5.36. The molecule has 2 aliphatic rings. The van der Waals surface area contributed by atoms with Crippen molar-refractivity contribution in [2.45, 2.75) is 57.1 Å².